The number of aromatic nitrogens is 1. The molecule has 2 aromatic rings. The third kappa shape index (κ3) is 3.05. The maximum absolute atomic E-state index is 13.4. The van der Waals surface area contributed by atoms with Crippen molar-refractivity contribution in [3.63, 3.8) is 0 Å². The maximum Gasteiger partial charge on any atom is 0.259 e. The van der Waals surface area contributed by atoms with Gasteiger partial charge in [0.15, 0.2) is 0 Å². The molecule has 0 aliphatic carbocycles. The summed E-state index contributed by atoms with van der Waals surface area (Å²) in [5.74, 6) is 0.658. The van der Waals surface area contributed by atoms with Gasteiger partial charge in [-0.25, -0.2) is 0 Å². The molecule has 1 unspecified atom stereocenters. The minimum Gasteiger partial charge on any atom is -0.361 e. The van der Waals surface area contributed by atoms with Gasteiger partial charge in [0.05, 0.1) is 5.69 Å². The van der Waals surface area contributed by atoms with Gasteiger partial charge in [-0.2, -0.15) is 0 Å². The highest BCUT2D eigenvalue weighted by atomic mass is 16.5. The first-order valence-electron chi connectivity index (χ1n) is 9.45. The molecule has 1 fully saturated rings. The predicted molar refractivity (Wildman–Crippen MR) is 100 cm³/mol. The summed E-state index contributed by atoms with van der Waals surface area (Å²) >= 11 is 0. The number of piperidine rings is 1. The van der Waals surface area contributed by atoms with Crippen LogP contribution in [0.1, 0.15) is 45.8 Å². The molecule has 1 saturated heterocycles. The molecule has 0 N–H and O–H groups in total. The molecule has 5 heteroatoms. The van der Waals surface area contributed by atoms with Crippen molar-refractivity contribution in [1.29, 1.82) is 0 Å². The monoisotopic (exact) mass is 353 g/mol. The van der Waals surface area contributed by atoms with Gasteiger partial charge in [0, 0.05) is 25.0 Å². The first-order chi connectivity index (χ1) is 12.5. The summed E-state index contributed by atoms with van der Waals surface area (Å²) < 4.78 is 5.26. The Labute approximate surface area is 155 Å². The van der Waals surface area contributed by atoms with Crippen molar-refractivity contribution >= 4 is 5.91 Å². The smallest absolute Gasteiger partial charge is 0.259 e. The minimum atomic E-state index is 0.0468. The molecule has 3 heterocycles. The van der Waals surface area contributed by atoms with Crippen LogP contribution in [0.15, 0.2) is 28.8 Å². The minimum absolute atomic E-state index is 0.0468. The van der Waals surface area contributed by atoms with Crippen LogP contribution in [-0.2, 0) is 13.0 Å². The van der Waals surface area contributed by atoms with Gasteiger partial charge >= 0.3 is 0 Å². The Morgan fingerprint density at radius 2 is 1.96 bits per heavy atom. The van der Waals surface area contributed by atoms with Crippen LogP contribution < -0.4 is 0 Å². The molecule has 2 aliphatic rings. The number of carbonyl (C=O) groups is 1. The molecule has 0 bridgehead atoms. The number of carbonyl (C=O) groups excluding carboxylic acids is 1. The van der Waals surface area contributed by atoms with Gasteiger partial charge in [0.2, 0.25) is 0 Å². The van der Waals surface area contributed by atoms with E-state index >= 15 is 0 Å². The highest BCUT2D eigenvalue weighted by Gasteiger charge is 2.40. The summed E-state index contributed by atoms with van der Waals surface area (Å²) in [6, 6.07) is 8.58. The molecular weight excluding hydrogens is 326 g/mol. The van der Waals surface area contributed by atoms with E-state index in [9.17, 15) is 4.79 Å². The summed E-state index contributed by atoms with van der Waals surface area (Å²) in [5, 5.41) is 3.99. The molecule has 138 valence electrons. The van der Waals surface area contributed by atoms with Gasteiger partial charge < -0.3 is 14.3 Å². The number of benzene rings is 1. The lowest BCUT2D eigenvalue weighted by molar-refractivity contribution is 0.0468. The summed E-state index contributed by atoms with van der Waals surface area (Å²) in [7, 11) is 2.19. The summed E-state index contributed by atoms with van der Waals surface area (Å²) in [6.45, 7) is 7.29. The summed E-state index contributed by atoms with van der Waals surface area (Å²) in [6.07, 6.45) is 3.39. The Morgan fingerprint density at radius 1 is 1.19 bits per heavy atom. The van der Waals surface area contributed by atoms with E-state index in [0.717, 1.165) is 32.5 Å². The van der Waals surface area contributed by atoms with Crippen LogP contribution in [0, 0.1) is 19.3 Å². The molecule has 5 nitrogen and oxygen atoms in total. The highest BCUT2D eigenvalue weighted by molar-refractivity contribution is 5.96. The SMILES string of the molecule is Cc1noc(C)c1C(=O)N1Cc2ccccc2CC2(CCCN(C)C2)C1. The molecule has 1 spiro atoms. The maximum atomic E-state index is 13.4. The van der Waals surface area contributed by atoms with Crippen molar-refractivity contribution in [2.45, 2.75) is 39.7 Å². The lowest BCUT2D eigenvalue weighted by Gasteiger charge is -2.43. The molecule has 1 aromatic carbocycles. The van der Waals surface area contributed by atoms with Gasteiger partial charge in [0.25, 0.3) is 5.91 Å². The largest absolute Gasteiger partial charge is 0.361 e. The predicted octanol–water partition coefficient (Wildman–Crippen LogP) is 3.20. The number of rotatable bonds is 1. The van der Waals surface area contributed by atoms with E-state index in [1.54, 1.807) is 0 Å². The Hall–Kier alpha value is -2.14. The molecule has 1 amide bonds. The van der Waals surface area contributed by atoms with E-state index in [4.69, 9.17) is 4.52 Å². The first-order valence-corrected chi connectivity index (χ1v) is 9.45. The van der Waals surface area contributed by atoms with Crippen molar-refractivity contribution in [2.24, 2.45) is 5.41 Å². The van der Waals surface area contributed by atoms with Crippen molar-refractivity contribution < 1.29 is 9.32 Å². The Kier molecular flexibility index (Phi) is 4.35. The van der Waals surface area contributed by atoms with Crippen LogP contribution in [-0.4, -0.2) is 47.5 Å². The standard InChI is InChI=1S/C21H27N3O2/c1-15-19(16(2)26-22-15)20(25)24-12-18-8-5-4-7-17(18)11-21(14-24)9-6-10-23(3)13-21/h4-5,7-8H,6,9-14H2,1-3H3. The summed E-state index contributed by atoms with van der Waals surface area (Å²) in [5.41, 5.74) is 4.08. The first kappa shape index (κ1) is 17.3. The molecule has 4 rings (SSSR count). The quantitative estimate of drug-likeness (QED) is 0.790. The fourth-order valence-electron chi connectivity index (χ4n) is 4.83. The second kappa shape index (κ2) is 6.54. The topological polar surface area (TPSA) is 49.6 Å². The van der Waals surface area contributed by atoms with Crippen LogP contribution in [0.25, 0.3) is 0 Å². The van der Waals surface area contributed by atoms with Gasteiger partial charge in [-0.05, 0) is 57.8 Å². The number of aryl methyl sites for hydroxylation is 2. The van der Waals surface area contributed by atoms with Crippen LogP contribution in [0.4, 0.5) is 0 Å². The second-order valence-corrected chi connectivity index (χ2v) is 8.15. The second-order valence-electron chi connectivity index (χ2n) is 8.15. The van der Waals surface area contributed by atoms with Crippen molar-refractivity contribution in [1.82, 2.24) is 15.0 Å². The van der Waals surface area contributed by atoms with Crippen molar-refractivity contribution in [2.75, 3.05) is 26.7 Å². The average molecular weight is 353 g/mol. The van der Waals surface area contributed by atoms with Crippen LogP contribution in [0.5, 0.6) is 0 Å². The average Bonchev–Trinajstić information content (AvgIpc) is 2.85. The molecule has 2 aliphatic heterocycles. The lowest BCUT2D eigenvalue weighted by Crippen LogP contribution is -2.49. The normalized spacial score (nSPS) is 23.7. The van der Waals surface area contributed by atoms with E-state index in [2.05, 4.69) is 41.4 Å². The fraction of sp³-hybridized carbons (Fsp3) is 0.524. The zero-order chi connectivity index (χ0) is 18.3. The van der Waals surface area contributed by atoms with Gasteiger partial charge in [-0.3, -0.25) is 4.79 Å². The Bertz CT molecular complexity index is 809. The van der Waals surface area contributed by atoms with Crippen molar-refractivity contribution in [3.8, 4) is 0 Å². The third-order valence-electron chi connectivity index (χ3n) is 5.96. The van der Waals surface area contributed by atoms with Crippen molar-refractivity contribution in [3.05, 3.63) is 52.4 Å². The van der Waals surface area contributed by atoms with E-state index < -0.39 is 0 Å². The summed E-state index contributed by atoms with van der Waals surface area (Å²) in [4.78, 5) is 17.8. The fourth-order valence-corrected chi connectivity index (χ4v) is 4.83. The van der Waals surface area contributed by atoms with Gasteiger partial charge in [-0.15, -0.1) is 0 Å². The van der Waals surface area contributed by atoms with E-state index in [0.29, 0.717) is 23.6 Å². The lowest BCUT2D eigenvalue weighted by atomic mass is 9.75. The zero-order valence-electron chi connectivity index (χ0n) is 15.9. The van der Waals surface area contributed by atoms with Gasteiger partial charge in [0.1, 0.15) is 11.3 Å². The Morgan fingerprint density at radius 3 is 2.65 bits per heavy atom. The number of hydrogen-bond donors (Lipinski definition) is 0. The Balaban J connectivity index is 1.74. The molecule has 1 aromatic heterocycles. The van der Waals surface area contributed by atoms with E-state index in [-0.39, 0.29) is 11.3 Å². The molecule has 26 heavy (non-hydrogen) atoms. The number of likely N-dealkylation sites (tertiary alicyclic amines) is 1. The zero-order valence-corrected chi connectivity index (χ0v) is 15.9. The van der Waals surface area contributed by atoms with Gasteiger partial charge in [-0.1, -0.05) is 29.4 Å². The van der Waals surface area contributed by atoms with Crippen LogP contribution >= 0.6 is 0 Å². The number of fused-ring (bicyclic) bond motifs is 1. The third-order valence-corrected chi connectivity index (χ3v) is 5.96. The molecule has 0 radical (unpaired) electrons. The number of amides is 1. The van der Waals surface area contributed by atoms with E-state index in [1.165, 1.54) is 17.5 Å². The van der Waals surface area contributed by atoms with Crippen LogP contribution in [0.2, 0.25) is 0 Å². The van der Waals surface area contributed by atoms with E-state index in [1.807, 2.05) is 18.7 Å². The molecular formula is C21H27N3O2. The number of hydrogen-bond acceptors (Lipinski definition) is 4. The number of nitrogens with zero attached hydrogens (tertiary/aromatic N) is 3. The molecule has 0 saturated carbocycles. The molecule has 1 atom stereocenters. The van der Waals surface area contributed by atoms with Crippen LogP contribution in [0.3, 0.4) is 0 Å². The highest BCUT2D eigenvalue weighted by Crippen LogP contribution is 2.38.